The van der Waals surface area contributed by atoms with Crippen molar-refractivity contribution in [3.05, 3.63) is 48.2 Å². The Labute approximate surface area is 132 Å². The lowest BCUT2D eigenvalue weighted by Gasteiger charge is -2.15. The van der Waals surface area contributed by atoms with Crippen LogP contribution >= 0.6 is 54.8 Å². The summed E-state index contributed by atoms with van der Waals surface area (Å²) >= 11 is 14.9. The fraction of sp³-hybridized carbons (Fsp3) is 0.250. The highest BCUT2D eigenvalue weighted by molar-refractivity contribution is 9.13. The minimum absolute atomic E-state index is 0.248. The number of thiophene rings is 1. The molecule has 2 aromatic heterocycles. The zero-order valence-corrected chi connectivity index (χ0v) is 14.3. The molecular weight excluding hydrogens is 399 g/mol. The molecule has 0 aliphatic carbocycles. The molecule has 96 valence electrons. The van der Waals surface area contributed by atoms with E-state index in [1.165, 1.54) is 4.88 Å². The van der Waals surface area contributed by atoms with Crippen LogP contribution in [0.15, 0.2) is 32.8 Å². The van der Waals surface area contributed by atoms with Crippen molar-refractivity contribution in [2.45, 2.75) is 12.5 Å². The molecule has 1 unspecified atom stereocenters. The average Bonchev–Trinajstić information content (AvgIpc) is 2.68. The molecular formula is C12H11Br2ClN2S. The first-order valence-corrected chi connectivity index (χ1v) is 8.10. The highest BCUT2D eigenvalue weighted by Gasteiger charge is 2.16. The monoisotopic (exact) mass is 408 g/mol. The zero-order valence-electron chi connectivity index (χ0n) is 9.58. The van der Waals surface area contributed by atoms with Gasteiger partial charge < -0.3 is 5.32 Å². The van der Waals surface area contributed by atoms with E-state index in [0.29, 0.717) is 5.02 Å². The smallest absolute Gasteiger partial charge is 0.0843 e. The third-order valence-corrected chi connectivity index (χ3v) is 6.35. The summed E-state index contributed by atoms with van der Waals surface area (Å²) in [5, 5.41) is 4.04. The van der Waals surface area contributed by atoms with Crippen molar-refractivity contribution in [2.75, 3.05) is 7.05 Å². The summed E-state index contributed by atoms with van der Waals surface area (Å²) in [5.41, 5.74) is 1.10. The average molecular weight is 411 g/mol. The van der Waals surface area contributed by atoms with Crippen molar-refractivity contribution >= 4 is 54.8 Å². The van der Waals surface area contributed by atoms with Gasteiger partial charge in [0.1, 0.15) is 0 Å². The molecule has 0 spiro atoms. The van der Waals surface area contributed by atoms with Crippen LogP contribution in [0, 0.1) is 0 Å². The predicted octanol–water partition coefficient (Wildman–Crippen LogP) is 4.82. The van der Waals surface area contributed by atoms with Gasteiger partial charge in [-0.25, -0.2) is 0 Å². The van der Waals surface area contributed by atoms with Gasteiger partial charge in [-0.05, 0) is 63.0 Å². The lowest BCUT2D eigenvalue weighted by Crippen LogP contribution is -2.17. The largest absolute Gasteiger partial charge is 0.312 e. The van der Waals surface area contributed by atoms with E-state index in [0.717, 1.165) is 20.2 Å². The molecule has 6 heteroatoms. The molecule has 0 saturated heterocycles. The molecule has 0 aliphatic heterocycles. The number of pyridine rings is 1. The van der Waals surface area contributed by atoms with Gasteiger partial charge in [-0.1, -0.05) is 11.6 Å². The number of likely N-dealkylation sites (N-methyl/N-ethyl adjacent to an activating group) is 1. The maximum absolute atomic E-state index is 6.14. The topological polar surface area (TPSA) is 24.9 Å². The van der Waals surface area contributed by atoms with E-state index in [4.69, 9.17) is 11.6 Å². The van der Waals surface area contributed by atoms with Gasteiger partial charge in [-0.15, -0.1) is 11.3 Å². The summed E-state index contributed by atoms with van der Waals surface area (Å²) in [6.07, 6.45) is 4.30. The highest BCUT2D eigenvalue weighted by Crippen LogP contribution is 2.36. The Balaban J connectivity index is 2.22. The zero-order chi connectivity index (χ0) is 13.1. The lowest BCUT2D eigenvalue weighted by molar-refractivity contribution is 0.602. The summed E-state index contributed by atoms with van der Waals surface area (Å²) in [4.78, 5) is 5.27. The molecule has 0 fully saturated rings. The van der Waals surface area contributed by atoms with Gasteiger partial charge in [0.2, 0.25) is 0 Å². The van der Waals surface area contributed by atoms with Gasteiger partial charge in [0.25, 0.3) is 0 Å². The van der Waals surface area contributed by atoms with E-state index < -0.39 is 0 Å². The van der Waals surface area contributed by atoms with Crippen LogP contribution in [0.4, 0.5) is 0 Å². The number of hydrogen-bond acceptors (Lipinski definition) is 3. The first-order chi connectivity index (χ1) is 8.61. The highest BCUT2D eigenvalue weighted by atomic mass is 79.9. The fourth-order valence-corrected chi connectivity index (χ4v) is 4.07. The Hall–Kier alpha value is 0.0600. The molecule has 2 rings (SSSR count). The standard InChI is InChI=1S/C12H11Br2ClN2S/c1-16-10(11-5-8(13)12(14)18-11)4-7-2-3-17-6-9(7)15/h2-3,5-6,10,16H,4H2,1H3. The van der Waals surface area contributed by atoms with Gasteiger partial charge in [-0.3, -0.25) is 4.98 Å². The number of nitrogens with zero attached hydrogens (tertiary/aromatic N) is 1. The molecule has 0 radical (unpaired) electrons. The van der Waals surface area contributed by atoms with Crippen LogP contribution in [0.5, 0.6) is 0 Å². The van der Waals surface area contributed by atoms with Crippen LogP contribution in [0.1, 0.15) is 16.5 Å². The van der Waals surface area contributed by atoms with Crippen molar-refractivity contribution in [2.24, 2.45) is 0 Å². The predicted molar refractivity (Wildman–Crippen MR) is 84.5 cm³/mol. The van der Waals surface area contributed by atoms with Crippen LogP contribution < -0.4 is 5.32 Å². The molecule has 2 heterocycles. The summed E-state index contributed by atoms with van der Waals surface area (Å²) in [5.74, 6) is 0. The second kappa shape index (κ2) is 6.48. The summed E-state index contributed by atoms with van der Waals surface area (Å²) in [7, 11) is 1.96. The van der Waals surface area contributed by atoms with E-state index in [-0.39, 0.29) is 6.04 Å². The van der Waals surface area contributed by atoms with Crippen LogP contribution in [-0.2, 0) is 6.42 Å². The number of hydrogen-bond donors (Lipinski definition) is 1. The van der Waals surface area contributed by atoms with Crippen molar-refractivity contribution < 1.29 is 0 Å². The Morgan fingerprint density at radius 3 is 2.83 bits per heavy atom. The second-order valence-electron chi connectivity index (χ2n) is 3.78. The third kappa shape index (κ3) is 3.33. The van der Waals surface area contributed by atoms with E-state index >= 15 is 0 Å². The quantitative estimate of drug-likeness (QED) is 0.781. The van der Waals surface area contributed by atoms with Crippen LogP contribution in [0.2, 0.25) is 5.02 Å². The molecule has 2 aromatic rings. The Morgan fingerprint density at radius 2 is 2.28 bits per heavy atom. The summed E-state index contributed by atoms with van der Waals surface area (Å²) in [6.45, 7) is 0. The Kier molecular flexibility index (Phi) is 5.21. The van der Waals surface area contributed by atoms with Crippen molar-refractivity contribution in [1.82, 2.24) is 10.3 Å². The summed E-state index contributed by atoms with van der Waals surface area (Å²) in [6, 6.07) is 4.34. The van der Waals surface area contributed by atoms with Gasteiger partial charge in [0.15, 0.2) is 0 Å². The Morgan fingerprint density at radius 1 is 1.50 bits per heavy atom. The number of aromatic nitrogens is 1. The molecule has 0 saturated carbocycles. The molecule has 0 amide bonds. The van der Waals surface area contributed by atoms with E-state index in [2.05, 4.69) is 48.2 Å². The van der Waals surface area contributed by atoms with Crippen LogP contribution in [0.3, 0.4) is 0 Å². The number of rotatable bonds is 4. The first-order valence-electron chi connectivity index (χ1n) is 5.32. The minimum Gasteiger partial charge on any atom is -0.312 e. The van der Waals surface area contributed by atoms with Gasteiger partial charge >= 0.3 is 0 Å². The van der Waals surface area contributed by atoms with Crippen LogP contribution in [-0.4, -0.2) is 12.0 Å². The maximum Gasteiger partial charge on any atom is 0.0843 e. The third-order valence-electron chi connectivity index (χ3n) is 2.64. The molecule has 0 aromatic carbocycles. The second-order valence-corrected chi connectivity index (χ2v) is 7.45. The fourth-order valence-electron chi connectivity index (χ4n) is 1.67. The van der Waals surface area contributed by atoms with E-state index in [9.17, 15) is 0 Å². The maximum atomic E-state index is 6.14. The summed E-state index contributed by atoms with van der Waals surface area (Å²) < 4.78 is 2.20. The first kappa shape index (κ1) is 14.5. The lowest BCUT2D eigenvalue weighted by atomic mass is 10.1. The van der Waals surface area contributed by atoms with E-state index in [1.54, 1.807) is 23.7 Å². The van der Waals surface area contributed by atoms with Crippen molar-refractivity contribution in [1.29, 1.82) is 0 Å². The van der Waals surface area contributed by atoms with E-state index in [1.807, 2.05) is 13.1 Å². The number of nitrogens with one attached hydrogen (secondary N) is 1. The molecule has 1 atom stereocenters. The molecule has 0 aliphatic rings. The normalized spacial score (nSPS) is 12.7. The van der Waals surface area contributed by atoms with Gasteiger partial charge in [0, 0.05) is 27.8 Å². The van der Waals surface area contributed by atoms with Gasteiger partial charge in [0.05, 0.1) is 8.81 Å². The van der Waals surface area contributed by atoms with Crippen molar-refractivity contribution in [3.63, 3.8) is 0 Å². The SMILES string of the molecule is CNC(Cc1ccncc1Cl)c1cc(Br)c(Br)s1. The number of halogens is 3. The van der Waals surface area contributed by atoms with Crippen LogP contribution in [0.25, 0.3) is 0 Å². The Bertz CT molecular complexity index is 525. The van der Waals surface area contributed by atoms with Crippen molar-refractivity contribution in [3.8, 4) is 0 Å². The molecule has 1 N–H and O–H groups in total. The molecule has 2 nitrogen and oxygen atoms in total. The molecule has 0 bridgehead atoms. The van der Waals surface area contributed by atoms with Gasteiger partial charge in [-0.2, -0.15) is 0 Å². The minimum atomic E-state index is 0.248. The molecule has 18 heavy (non-hydrogen) atoms.